The molecular weight excluding hydrogens is 332 g/mol. The maximum absolute atomic E-state index is 12.7. The quantitative estimate of drug-likeness (QED) is 0.809. The molecule has 1 aromatic carbocycles. The van der Waals surface area contributed by atoms with Gasteiger partial charge in [-0.2, -0.15) is 0 Å². The average Bonchev–Trinajstić information content (AvgIpc) is 2.64. The Kier molecular flexibility index (Phi) is 5.61. The molecule has 2 N–H and O–H groups in total. The fourth-order valence-corrected chi connectivity index (χ4v) is 3.64. The number of hydrogen-bond donors (Lipinski definition) is 2. The third-order valence-corrected chi connectivity index (χ3v) is 5.43. The standard InChI is InChI=1S/C20H26N2O4/c1-13-11-17(18(20(24)25)12-14(13)2)19(23)21-15-3-5-16(6-4-15)22-7-9-26-10-8-22/h3-6,17-18H,7-12H2,1-2H3,(H,21,23)(H,24,25). The normalized spacial score (nSPS) is 23.7. The van der Waals surface area contributed by atoms with E-state index in [0.717, 1.165) is 43.1 Å². The largest absolute Gasteiger partial charge is 0.481 e. The van der Waals surface area contributed by atoms with E-state index in [2.05, 4.69) is 10.2 Å². The number of ether oxygens (including phenoxy) is 1. The van der Waals surface area contributed by atoms with E-state index in [1.165, 1.54) is 0 Å². The van der Waals surface area contributed by atoms with Crippen molar-refractivity contribution < 1.29 is 19.4 Å². The summed E-state index contributed by atoms with van der Waals surface area (Å²) in [6, 6.07) is 7.70. The van der Waals surface area contributed by atoms with Crippen LogP contribution in [0.4, 0.5) is 11.4 Å². The van der Waals surface area contributed by atoms with Crippen molar-refractivity contribution in [2.24, 2.45) is 11.8 Å². The lowest BCUT2D eigenvalue weighted by Gasteiger charge is -2.30. The minimum Gasteiger partial charge on any atom is -0.481 e. The van der Waals surface area contributed by atoms with E-state index in [1.54, 1.807) is 0 Å². The van der Waals surface area contributed by atoms with E-state index in [4.69, 9.17) is 4.74 Å². The molecule has 6 heteroatoms. The van der Waals surface area contributed by atoms with E-state index < -0.39 is 17.8 Å². The number of amides is 1. The highest BCUT2D eigenvalue weighted by Crippen LogP contribution is 2.35. The van der Waals surface area contributed by atoms with Crippen LogP contribution in [0.15, 0.2) is 35.4 Å². The predicted octanol–water partition coefficient (Wildman–Crippen LogP) is 2.91. The van der Waals surface area contributed by atoms with Gasteiger partial charge in [0.25, 0.3) is 0 Å². The molecule has 26 heavy (non-hydrogen) atoms. The molecule has 1 aliphatic carbocycles. The molecule has 2 atom stereocenters. The van der Waals surface area contributed by atoms with Gasteiger partial charge >= 0.3 is 5.97 Å². The van der Waals surface area contributed by atoms with Gasteiger partial charge in [0.2, 0.25) is 5.91 Å². The van der Waals surface area contributed by atoms with Gasteiger partial charge in [-0.05, 0) is 51.0 Å². The molecule has 1 aromatic rings. The van der Waals surface area contributed by atoms with Crippen LogP contribution in [-0.2, 0) is 14.3 Å². The third-order valence-electron chi connectivity index (χ3n) is 5.43. The van der Waals surface area contributed by atoms with Gasteiger partial charge in [0.1, 0.15) is 0 Å². The number of rotatable bonds is 4. The number of carboxylic acid groups (broad SMARTS) is 1. The van der Waals surface area contributed by atoms with Crippen molar-refractivity contribution in [2.75, 3.05) is 36.5 Å². The molecule has 6 nitrogen and oxygen atoms in total. The molecule has 0 bridgehead atoms. The summed E-state index contributed by atoms with van der Waals surface area (Å²) in [6.07, 6.45) is 0.940. The maximum atomic E-state index is 12.7. The van der Waals surface area contributed by atoms with Crippen molar-refractivity contribution >= 4 is 23.3 Å². The summed E-state index contributed by atoms with van der Waals surface area (Å²) in [6.45, 7) is 7.10. The summed E-state index contributed by atoms with van der Waals surface area (Å²) in [4.78, 5) is 26.5. The predicted molar refractivity (Wildman–Crippen MR) is 100 cm³/mol. The number of morpholine rings is 1. The first-order valence-electron chi connectivity index (χ1n) is 9.07. The van der Waals surface area contributed by atoms with Crippen molar-refractivity contribution in [1.29, 1.82) is 0 Å². The fraction of sp³-hybridized carbons (Fsp3) is 0.500. The van der Waals surface area contributed by atoms with Crippen molar-refractivity contribution in [1.82, 2.24) is 0 Å². The number of nitrogens with zero attached hydrogens (tertiary/aromatic N) is 1. The van der Waals surface area contributed by atoms with E-state index in [0.29, 0.717) is 18.5 Å². The van der Waals surface area contributed by atoms with Gasteiger partial charge in [-0.3, -0.25) is 9.59 Å². The highest BCUT2D eigenvalue weighted by atomic mass is 16.5. The molecule has 140 valence electrons. The Bertz CT molecular complexity index is 705. The highest BCUT2D eigenvalue weighted by molar-refractivity contribution is 5.95. The lowest BCUT2D eigenvalue weighted by atomic mass is 9.76. The Labute approximate surface area is 153 Å². The second-order valence-electron chi connectivity index (χ2n) is 7.16. The summed E-state index contributed by atoms with van der Waals surface area (Å²) < 4.78 is 5.36. The molecule has 2 unspecified atom stereocenters. The van der Waals surface area contributed by atoms with Crippen LogP contribution in [0.5, 0.6) is 0 Å². The SMILES string of the molecule is CC1=C(C)CC(C(=O)Nc2ccc(N3CCOCC3)cc2)C(C(=O)O)C1. The number of carboxylic acids is 1. The second kappa shape index (κ2) is 7.91. The number of allylic oxidation sites excluding steroid dienone is 2. The topological polar surface area (TPSA) is 78.9 Å². The number of anilines is 2. The number of carbonyl (C=O) groups excluding carboxylic acids is 1. The zero-order valence-corrected chi connectivity index (χ0v) is 15.3. The van der Waals surface area contributed by atoms with Crippen LogP contribution in [0.2, 0.25) is 0 Å². The minimum atomic E-state index is -0.903. The number of carbonyl (C=O) groups is 2. The Morgan fingerprint density at radius 2 is 1.62 bits per heavy atom. The van der Waals surface area contributed by atoms with E-state index in [-0.39, 0.29) is 5.91 Å². The number of nitrogens with one attached hydrogen (secondary N) is 1. The maximum Gasteiger partial charge on any atom is 0.307 e. The Hall–Kier alpha value is -2.34. The van der Waals surface area contributed by atoms with Gasteiger partial charge in [-0.25, -0.2) is 0 Å². The lowest BCUT2D eigenvalue weighted by Crippen LogP contribution is -2.36. The molecule has 1 saturated heterocycles. The van der Waals surface area contributed by atoms with Gasteiger partial charge in [-0.15, -0.1) is 0 Å². The van der Waals surface area contributed by atoms with Crippen molar-refractivity contribution in [3.8, 4) is 0 Å². The van der Waals surface area contributed by atoms with Crippen LogP contribution in [0.1, 0.15) is 26.7 Å². The zero-order chi connectivity index (χ0) is 18.7. The summed E-state index contributed by atoms with van der Waals surface area (Å²) in [5.41, 5.74) is 3.99. The van der Waals surface area contributed by atoms with Gasteiger partial charge in [0.05, 0.1) is 25.0 Å². The molecule has 3 rings (SSSR count). The molecule has 1 fully saturated rings. The van der Waals surface area contributed by atoms with E-state index >= 15 is 0 Å². The first-order valence-corrected chi connectivity index (χ1v) is 9.07. The molecule has 2 aliphatic rings. The highest BCUT2D eigenvalue weighted by Gasteiger charge is 2.37. The zero-order valence-electron chi connectivity index (χ0n) is 15.3. The van der Waals surface area contributed by atoms with Gasteiger partial charge in [0, 0.05) is 24.5 Å². The van der Waals surface area contributed by atoms with Crippen LogP contribution in [0.3, 0.4) is 0 Å². The first-order chi connectivity index (χ1) is 12.5. The monoisotopic (exact) mass is 358 g/mol. The van der Waals surface area contributed by atoms with Crippen LogP contribution in [-0.4, -0.2) is 43.3 Å². The molecule has 0 spiro atoms. The number of hydrogen-bond acceptors (Lipinski definition) is 4. The van der Waals surface area contributed by atoms with Crippen LogP contribution in [0.25, 0.3) is 0 Å². The summed E-state index contributed by atoms with van der Waals surface area (Å²) >= 11 is 0. The summed E-state index contributed by atoms with van der Waals surface area (Å²) in [5, 5.41) is 12.4. The molecule has 1 heterocycles. The average molecular weight is 358 g/mol. The van der Waals surface area contributed by atoms with Crippen LogP contribution >= 0.6 is 0 Å². The van der Waals surface area contributed by atoms with Crippen molar-refractivity contribution in [3.05, 3.63) is 35.4 Å². The third kappa shape index (κ3) is 4.07. The number of benzene rings is 1. The number of aliphatic carboxylic acids is 1. The fourth-order valence-electron chi connectivity index (χ4n) is 3.64. The van der Waals surface area contributed by atoms with Gasteiger partial charge in [-0.1, -0.05) is 11.1 Å². The Balaban J connectivity index is 1.67. The molecule has 0 saturated carbocycles. The summed E-state index contributed by atoms with van der Waals surface area (Å²) in [7, 11) is 0. The summed E-state index contributed by atoms with van der Waals surface area (Å²) in [5.74, 6) is -2.32. The Morgan fingerprint density at radius 3 is 2.19 bits per heavy atom. The van der Waals surface area contributed by atoms with Crippen LogP contribution < -0.4 is 10.2 Å². The molecular formula is C20H26N2O4. The lowest BCUT2D eigenvalue weighted by molar-refractivity contribution is -0.146. The van der Waals surface area contributed by atoms with Crippen molar-refractivity contribution in [3.63, 3.8) is 0 Å². The smallest absolute Gasteiger partial charge is 0.307 e. The van der Waals surface area contributed by atoms with E-state index in [1.807, 2.05) is 38.1 Å². The second-order valence-corrected chi connectivity index (χ2v) is 7.16. The van der Waals surface area contributed by atoms with Gasteiger partial charge < -0.3 is 20.1 Å². The first kappa shape index (κ1) is 18.5. The Morgan fingerprint density at radius 1 is 1.04 bits per heavy atom. The van der Waals surface area contributed by atoms with Crippen molar-refractivity contribution in [2.45, 2.75) is 26.7 Å². The van der Waals surface area contributed by atoms with E-state index in [9.17, 15) is 14.7 Å². The minimum absolute atomic E-state index is 0.219. The molecule has 0 radical (unpaired) electrons. The van der Waals surface area contributed by atoms with Crippen LogP contribution in [0, 0.1) is 11.8 Å². The molecule has 1 aliphatic heterocycles. The molecule has 1 amide bonds. The molecule has 0 aromatic heterocycles. The van der Waals surface area contributed by atoms with Gasteiger partial charge in [0.15, 0.2) is 0 Å².